The first-order valence-electron chi connectivity index (χ1n) is 12.0. The van der Waals surface area contributed by atoms with E-state index < -0.39 is 6.09 Å². The molecule has 0 radical (unpaired) electrons. The van der Waals surface area contributed by atoms with Crippen LogP contribution in [0.25, 0.3) is 16.6 Å². The first kappa shape index (κ1) is 21.5. The lowest BCUT2D eigenvalue weighted by atomic mass is 9.82. The molecule has 1 saturated heterocycles. The average Bonchev–Trinajstić information content (AvgIpc) is 3.14. The molecule has 35 heavy (non-hydrogen) atoms. The number of fused-ring (bicyclic) bond motifs is 6. The van der Waals surface area contributed by atoms with Gasteiger partial charge >= 0.3 is 6.09 Å². The minimum atomic E-state index is -0.833. The summed E-state index contributed by atoms with van der Waals surface area (Å²) in [6, 6.07) is 19.1. The van der Waals surface area contributed by atoms with Crippen LogP contribution in [-0.2, 0) is 20.1 Å². The van der Waals surface area contributed by atoms with E-state index >= 15 is 0 Å². The van der Waals surface area contributed by atoms with Gasteiger partial charge in [0.15, 0.2) is 0 Å². The van der Waals surface area contributed by atoms with Gasteiger partial charge in [-0.3, -0.25) is 14.3 Å². The molecule has 1 amide bonds. The van der Waals surface area contributed by atoms with Gasteiger partial charge in [0.05, 0.1) is 17.2 Å². The fraction of sp³-hybridized carbons (Fsp3) is 0.286. The molecule has 2 aliphatic rings. The monoisotopic (exact) mass is 469 g/mol. The topological polar surface area (TPSA) is 76.7 Å². The number of carboxylic acid groups (broad SMARTS) is 1. The highest BCUT2D eigenvalue weighted by atomic mass is 16.5. The number of rotatable bonds is 4. The first-order valence-corrected chi connectivity index (χ1v) is 12.0. The van der Waals surface area contributed by atoms with Gasteiger partial charge in [-0.2, -0.15) is 0 Å². The standard InChI is InChI=1S/C28H27N3O4/c1-29-24-14-19(30-13-12-21(16-26(30)32)35-17-18-6-3-2-4-7-18)10-11-22(24)27-23-9-5-8-20(15-25(27)29)31(23)28(33)34/h2-4,6-7,10-14,16,20,23H,5,8-9,15,17H2,1H3,(H,33,34). The number of hydrogen-bond acceptors (Lipinski definition) is 3. The van der Waals surface area contributed by atoms with Gasteiger partial charge in [-0.25, -0.2) is 4.79 Å². The molecule has 2 atom stereocenters. The zero-order chi connectivity index (χ0) is 24.1. The van der Waals surface area contributed by atoms with Crippen LogP contribution >= 0.6 is 0 Å². The minimum absolute atomic E-state index is 0.0345. The van der Waals surface area contributed by atoms with Gasteiger partial charge in [0.25, 0.3) is 5.56 Å². The molecule has 178 valence electrons. The van der Waals surface area contributed by atoms with E-state index in [9.17, 15) is 14.7 Å². The van der Waals surface area contributed by atoms with Gasteiger partial charge in [-0.1, -0.05) is 36.4 Å². The van der Waals surface area contributed by atoms with Gasteiger partial charge in [0.2, 0.25) is 0 Å². The summed E-state index contributed by atoms with van der Waals surface area (Å²) in [5, 5.41) is 10.9. The maximum atomic E-state index is 12.9. The van der Waals surface area contributed by atoms with E-state index in [2.05, 4.69) is 4.57 Å². The fourth-order valence-corrected chi connectivity index (χ4v) is 5.86. The third kappa shape index (κ3) is 3.58. The maximum absolute atomic E-state index is 12.9. The van der Waals surface area contributed by atoms with Crippen molar-refractivity contribution in [1.29, 1.82) is 0 Å². The first-order chi connectivity index (χ1) is 17.0. The van der Waals surface area contributed by atoms with E-state index in [1.807, 2.05) is 55.6 Å². The van der Waals surface area contributed by atoms with E-state index in [4.69, 9.17) is 4.74 Å². The Hall–Kier alpha value is -4.00. The Kier molecular flexibility index (Phi) is 5.13. The third-order valence-corrected chi connectivity index (χ3v) is 7.49. The summed E-state index contributed by atoms with van der Waals surface area (Å²) in [4.78, 5) is 26.6. The van der Waals surface area contributed by atoms with Gasteiger partial charge in [-0.05, 0) is 43.0 Å². The molecule has 7 nitrogen and oxygen atoms in total. The number of piperidine rings is 1. The van der Waals surface area contributed by atoms with Crippen molar-refractivity contribution in [1.82, 2.24) is 14.0 Å². The van der Waals surface area contributed by atoms with Crippen LogP contribution in [0.1, 0.15) is 42.1 Å². The highest BCUT2D eigenvalue weighted by Gasteiger charge is 2.42. The van der Waals surface area contributed by atoms with Crippen molar-refractivity contribution in [2.45, 2.75) is 44.4 Å². The molecule has 1 N–H and O–H groups in total. The molecule has 7 heteroatoms. The Balaban J connectivity index is 1.34. The van der Waals surface area contributed by atoms with Gasteiger partial charge in [0, 0.05) is 48.4 Å². The summed E-state index contributed by atoms with van der Waals surface area (Å²) in [5.74, 6) is 0.534. The van der Waals surface area contributed by atoms with Crippen molar-refractivity contribution in [3.8, 4) is 11.4 Å². The third-order valence-electron chi connectivity index (χ3n) is 7.49. The van der Waals surface area contributed by atoms with E-state index in [0.717, 1.165) is 53.4 Å². The molecular weight excluding hydrogens is 442 g/mol. The quantitative estimate of drug-likeness (QED) is 0.454. The van der Waals surface area contributed by atoms with E-state index in [1.165, 1.54) is 11.8 Å². The van der Waals surface area contributed by atoms with Crippen LogP contribution in [-0.4, -0.2) is 31.3 Å². The van der Waals surface area contributed by atoms with Crippen molar-refractivity contribution in [3.05, 3.63) is 94.0 Å². The molecule has 0 saturated carbocycles. The van der Waals surface area contributed by atoms with Crippen LogP contribution < -0.4 is 10.3 Å². The van der Waals surface area contributed by atoms with Crippen molar-refractivity contribution < 1.29 is 14.6 Å². The normalized spacial score (nSPS) is 18.9. The molecule has 4 heterocycles. The number of amides is 1. The number of hydrogen-bond donors (Lipinski definition) is 1. The van der Waals surface area contributed by atoms with Crippen LogP contribution in [0.5, 0.6) is 5.75 Å². The predicted octanol–water partition coefficient (Wildman–Crippen LogP) is 5.04. The number of carbonyl (C=O) groups is 1. The van der Waals surface area contributed by atoms with Crippen molar-refractivity contribution in [3.63, 3.8) is 0 Å². The molecule has 2 unspecified atom stereocenters. The van der Waals surface area contributed by atoms with E-state index in [-0.39, 0.29) is 17.6 Å². The molecule has 2 aliphatic heterocycles. The number of ether oxygens (including phenoxy) is 1. The van der Waals surface area contributed by atoms with Crippen LogP contribution in [0, 0.1) is 0 Å². The smallest absolute Gasteiger partial charge is 0.408 e. The largest absolute Gasteiger partial charge is 0.489 e. The highest BCUT2D eigenvalue weighted by molar-refractivity contribution is 5.89. The molecular formula is C28H27N3O4. The Morgan fingerprint density at radius 1 is 1.09 bits per heavy atom. The number of pyridine rings is 1. The molecule has 2 aromatic heterocycles. The van der Waals surface area contributed by atoms with Crippen molar-refractivity contribution >= 4 is 17.0 Å². The van der Waals surface area contributed by atoms with E-state index in [1.54, 1.807) is 21.7 Å². The molecule has 0 spiro atoms. The summed E-state index contributed by atoms with van der Waals surface area (Å²) in [6.45, 7) is 0.403. The summed E-state index contributed by atoms with van der Waals surface area (Å²) in [6.07, 6.45) is 4.43. The summed E-state index contributed by atoms with van der Waals surface area (Å²) in [7, 11) is 2.04. The number of aromatic nitrogens is 2. The molecule has 1 fully saturated rings. The van der Waals surface area contributed by atoms with Gasteiger partial charge < -0.3 is 14.4 Å². The van der Waals surface area contributed by atoms with E-state index in [0.29, 0.717) is 12.4 Å². The number of aryl methyl sites for hydroxylation is 1. The Morgan fingerprint density at radius 2 is 1.91 bits per heavy atom. The second kappa shape index (κ2) is 8.34. The average molecular weight is 470 g/mol. The second-order valence-corrected chi connectivity index (χ2v) is 9.46. The number of benzene rings is 2. The van der Waals surface area contributed by atoms with Crippen molar-refractivity contribution in [2.24, 2.45) is 7.05 Å². The molecule has 2 aromatic carbocycles. The van der Waals surface area contributed by atoms with Crippen LogP contribution in [0.3, 0.4) is 0 Å². The van der Waals surface area contributed by atoms with Gasteiger partial charge in [0.1, 0.15) is 12.4 Å². The lowest BCUT2D eigenvalue weighted by Gasteiger charge is -2.44. The zero-order valence-corrected chi connectivity index (χ0v) is 19.6. The predicted molar refractivity (Wildman–Crippen MR) is 133 cm³/mol. The molecule has 4 aromatic rings. The lowest BCUT2D eigenvalue weighted by molar-refractivity contribution is 0.0622. The summed E-state index contributed by atoms with van der Waals surface area (Å²) < 4.78 is 9.60. The lowest BCUT2D eigenvalue weighted by Crippen LogP contribution is -2.49. The fourth-order valence-electron chi connectivity index (χ4n) is 5.86. The van der Waals surface area contributed by atoms with Crippen molar-refractivity contribution in [2.75, 3.05) is 0 Å². The molecule has 6 rings (SSSR count). The van der Waals surface area contributed by atoms with Crippen LogP contribution in [0.2, 0.25) is 0 Å². The summed E-state index contributed by atoms with van der Waals surface area (Å²) >= 11 is 0. The maximum Gasteiger partial charge on any atom is 0.408 e. The molecule has 0 aliphatic carbocycles. The summed E-state index contributed by atoms with van der Waals surface area (Å²) in [5.41, 5.74) is 5.00. The minimum Gasteiger partial charge on any atom is -0.489 e. The Labute approximate surface area is 202 Å². The Bertz CT molecular complexity index is 1490. The SMILES string of the molecule is Cn1c2c(c3ccc(-n4ccc(OCc5ccccc5)cc4=O)cc31)C1CCCC(C2)N1C(=O)O. The highest BCUT2D eigenvalue weighted by Crippen LogP contribution is 2.46. The Morgan fingerprint density at radius 3 is 2.69 bits per heavy atom. The van der Waals surface area contributed by atoms with Gasteiger partial charge in [-0.15, -0.1) is 0 Å². The number of nitrogens with zero attached hydrogens (tertiary/aromatic N) is 3. The zero-order valence-electron chi connectivity index (χ0n) is 19.6. The van der Waals surface area contributed by atoms with Crippen LogP contribution in [0.15, 0.2) is 71.7 Å². The second-order valence-electron chi connectivity index (χ2n) is 9.46. The van der Waals surface area contributed by atoms with Crippen LogP contribution in [0.4, 0.5) is 4.79 Å². The molecule has 2 bridgehead atoms.